The molecule has 0 bridgehead atoms. The van der Waals surface area contributed by atoms with E-state index in [0.29, 0.717) is 6.42 Å². The first kappa shape index (κ1) is 19.3. The van der Waals surface area contributed by atoms with Crippen LogP contribution < -0.4 is 0 Å². The van der Waals surface area contributed by atoms with Gasteiger partial charge in [-0.15, -0.1) is 11.3 Å². The first-order valence-corrected chi connectivity index (χ1v) is 9.65. The van der Waals surface area contributed by atoms with Crippen molar-refractivity contribution in [3.63, 3.8) is 0 Å². The zero-order valence-corrected chi connectivity index (χ0v) is 16.8. The minimum Gasteiger partial charge on any atom is -0.329 e. The molecule has 3 aromatic rings. The normalized spacial score (nSPS) is 12.7. The molecule has 6 nitrogen and oxygen atoms in total. The summed E-state index contributed by atoms with van der Waals surface area (Å²) < 4.78 is 2.02. The second-order valence-corrected chi connectivity index (χ2v) is 8.20. The molecule has 3 rings (SSSR count). The minimum absolute atomic E-state index is 0.393. The average Bonchev–Trinajstić information content (AvgIpc) is 3.27. The lowest BCUT2D eigenvalue weighted by Gasteiger charge is -2.32. The van der Waals surface area contributed by atoms with E-state index in [1.54, 1.807) is 17.5 Å². The topological polar surface area (TPSA) is 60.2 Å². The van der Waals surface area contributed by atoms with E-state index in [4.69, 9.17) is 4.84 Å². The smallest absolute Gasteiger partial charge is 0.234 e. The second kappa shape index (κ2) is 8.02. The van der Waals surface area contributed by atoms with Crippen LogP contribution in [-0.2, 0) is 23.1 Å². The molecule has 0 unspecified atom stereocenters. The Balaban J connectivity index is 2.00. The number of imidazole rings is 1. The zero-order valence-electron chi connectivity index (χ0n) is 16.0. The molecule has 3 heterocycles. The Kier molecular flexibility index (Phi) is 5.72. The van der Waals surface area contributed by atoms with Crippen LogP contribution in [0.2, 0.25) is 0 Å². The van der Waals surface area contributed by atoms with Gasteiger partial charge in [-0.1, -0.05) is 12.1 Å². The molecule has 0 N–H and O–H groups in total. The van der Waals surface area contributed by atoms with Crippen molar-refractivity contribution in [2.45, 2.75) is 38.8 Å². The van der Waals surface area contributed by atoms with Crippen molar-refractivity contribution >= 4 is 17.7 Å². The molecule has 142 valence electrons. The number of pyridine rings is 1. The van der Waals surface area contributed by atoms with Crippen molar-refractivity contribution in [2.24, 2.45) is 7.05 Å². The van der Waals surface area contributed by atoms with E-state index in [0.717, 1.165) is 28.5 Å². The highest BCUT2D eigenvalue weighted by molar-refractivity contribution is 7.13. The Morgan fingerprint density at radius 2 is 2.07 bits per heavy atom. The van der Waals surface area contributed by atoms with Gasteiger partial charge in [-0.2, -0.15) is 0 Å². The molecule has 0 fully saturated rings. The van der Waals surface area contributed by atoms with Crippen LogP contribution >= 0.6 is 11.3 Å². The number of amides is 1. The molecule has 1 amide bonds. The number of nitrogens with zero attached hydrogens (tertiary/aromatic N) is 4. The number of hydroxylamine groups is 2. The molecule has 0 spiro atoms. The molecule has 1 atom stereocenters. The maximum absolute atomic E-state index is 11.9. The predicted octanol–water partition coefficient (Wildman–Crippen LogP) is 4.02. The number of hydrogen-bond donors (Lipinski definition) is 0. The fourth-order valence-electron chi connectivity index (χ4n) is 2.87. The van der Waals surface area contributed by atoms with Crippen molar-refractivity contribution in [3.05, 3.63) is 59.6 Å². The van der Waals surface area contributed by atoms with E-state index >= 15 is 0 Å². The van der Waals surface area contributed by atoms with Gasteiger partial charge in [0, 0.05) is 25.4 Å². The first-order chi connectivity index (χ1) is 12.9. The van der Waals surface area contributed by atoms with Crippen LogP contribution in [-0.4, -0.2) is 31.6 Å². The van der Waals surface area contributed by atoms with Crippen molar-refractivity contribution in [1.82, 2.24) is 19.6 Å². The van der Waals surface area contributed by atoms with Crippen LogP contribution in [0.15, 0.2) is 48.1 Å². The summed E-state index contributed by atoms with van der Waals surface area (Å²) in [6, 6.07) is 9.43. The van der Waals surface area contributed by atoms with Gasteiger partial charge in [0.2, 0.25) is 6.41 Å². The molecule has 27 heavy (non-hydrogen) atoms. The third kappa shape index (κ3) is 4.61. The standard InChI is InChI=1S/C20H24N4O2S/c1-20(2,3)26-24(14-25)16(12-15-8-5-6-10-21-15)19-22-13-17(23(19)4)18-9-7-11-27-18/h5-11,13-14,16H,12H2,1-4H3/t16-/m0/s1. The first-order valence-electron chi connectivity index (χ1n) is 8.77. The molecule has 0 aromatic carbocycles. The second-order valence-electron chi connectivity index (χ2n) is 7.25. The van der Waals surface area contributed by atoms with Gasteiger partial charge in [0.15, 0.2) is 0 Å². The largest absolute Gasteiger partial charge is 0.329 e. The lowest BCUT2D eigenvalue weighted by Crippen LogP contribution is -2.38. The van der Waals surface area contributed by atoms with Gasteiger partial charge in [0.05, 0.1) is 22.4 Å². The van der Waals surface area contributed by atoms with Crippen LogP contribution in [0, 0.1) is 0 Å². The highest BCUT2D eigenvalue weighted by Gasteiger charge is 2.29. The van der Waals surface area contributed by atoms with Crippen LogP contribution in [0.1, 0.15) is 38.3 Å². The van der Waals surface area contributed by atoms with Gasteiger partial charge >= 0.3 is 0 Å². The zero-order chi connectivity index (χ0) is 19.4. The van der Waals surface area contributed by atoms with Gasteiger partial charge in [0.25, 0.3) is 0 Å². The van der Waals surface area contributed by atoms with E-state index in [1.165, 1.54) is 5.06 Å². The molecular formula is C20H24N4O2S. The summed E-state index contributed by atoms with van der Waals surface area (Å²) in [5, 5.41) is 3.39. The fourth-order valence-corrected chi connectivity index (χ4v) is 3.64. The molecule has 0 aliphatic carbocycles. The summed E-state index contributed by atoms with van der Waals surface area (Å²) in [7, 11) is 1.96. The number of rotatable bonds is 7. The summed E-state index contributed by atoms with van der Waals surface area (Å²) in [4.78, 5) is 28.0. The number of carbonyl (C=O) groups is 1. The Morgan fingerprint density at radius 1 is 1.26 bits per heavy atom. The van der Waals surface area contributed by atoms with Gasteiger partial charge in [-0.25, -0.2) is 10.0 Å². The summed E-state index contributed by atoms with van der Waals surface area (Å²) in [5.74, 6) is 0.750. The van der Waals surface area contributed by atoms with Gasteiger partial charge < -0.3 is 4.57 Å². The Hall–Kier alpha value is -2.51. The Labute approximate surface area is 163 Å². The average molecular weight is 385 g/mol. The van der Waals surface area contributed by atoms with Crippen LogP contribution in [0.5, 0.6) is 0 Å². The summed E-state index contributed by atoms with van der Waals surface area (Å²) >= 11 is 1.66. The summed E-state index contributed by atoms with van der Waals surface area (Å²) in [6.45, 7) is 5.74. The van der Waals surface area contributed by atoms with Gasteiger partial charge in [-0.3, -0.25) is 14.6 Å². The molecule has 0 aliphatic rings. The van der Waals surface area contributed by atoms with E-state index < -0.39 is 11.6 Å². The molecule has 3 aromatic heterocycles. The minimum atomic E-state index is -0.509. The maximum atomic E-state index is 11.9. The Bertz CT molecular complexity index is 869. The fraction of sp³-hybridized carbons (Fsp3) is 0.350. The number of carbonyl (C=O) groups excluding carboxylic acids is 1. The molecule has 0 saturated carbocycles. The molecule has 0 aliphatic heterocycles. The summed E-state index contributed by atoms with van der Waals surface area (Å²) in [6.07, 6.45) is 4.81. The lowest BCUT2D eigenvalue weighted by atomic mass is 10.1. The van der Waals surface area contributed by atoms with Crippen molar-refractivity contribution in [2.75, 3.05) is 0 Å². The molecule has 7 heteroatoms. The lowest BCUT2D eigenvalue weighted by molar-refractivity contribution is -0.235. The van der Waals surface area contributed by atoms with E-state index in [1.807, 2.05) is 68.2 Å². The Morgan fingerprint density at radius 3 is 2.67 bits per heavy atom. The van der Waals surface area contributed by atoms with Crippen LogP contribution in [0.3, 0.4) is 0 Å². The van der Waals surface area contributed by atoms with Crippen LogP contribution in [0.4, 0.5) is 0 Å². The maximum Gasteiger partial charge on any atom is 0.234 e. The SMILES string of the molecule is Cn1c(-c2cccs2)cnc1[C@H](Cc1ccccn1)N(C=O)OC(C)(C)C. The predicted molar refractivity (Wildman–Crippen MR) is 106 cm³/mol. The van der Waals surface area contributed by atoms with E-state index in [-0.39, 0.29) is 0 Å². The monoisotopic (exact) mass is 384 g/mol. The quantitative estimate of drug-likeness (QED) is 0.456. The van der Waals surface area contributed by atoms with Crippen molar-refractivity contribution < 1.29 is 9.63 Å². The molecule has 0 radical (unpaired) electrons. The molecule has 0 saturated heterocycles. The van der Waals surface area contributed by atoms with Crippen LogP contribution in [0.25, 0.3) is 10.6 Å². The van der Waals surface area contributed by atoms with Gasteiger partial charge in [-0.05, 0) is 44.4 Å². The van der Waals surface area contributed by atoms with Gasteiger partial charge in [0.1, 0.15) is 11.9 Å². The van der Waals surface area contributed by atoms with E-state index in [2.05, 4.69) is 16.0 Å². The number of thiophene rings is 1. The number of aromatic nitrogens is 3. The number of hydrogen-bond acceptors (Lipinski definition) is 5. The highest BCUT2D eigenvalue weighted by Crippen LogP contribution is 2.30. The third-order valence-corrected chi connectivity index (χ3v) is 4.91. The van der Waals surface area contributed by atoms with E-state index in [9.17, 15) is 4.79 Å². The molecular weight excluding hydrogens is 360 g/mol. The summed E-state index contributed by atoms with van der Waals surface area (Å²) in [5.41, 5.74) is 1.37. The highest BCUT2D eigenvalue weighted by atomic mass is 32.1. The van der Waals surface area contributed by atoms with Crippen molar-refractivity contribution in [3.8, 4) is 10.6 Å². The van der Waals surface area contributed by atoms with Crippen molar-refractivity contribution in [1.29, 1.82) is 0 Å². The third-order valence-electron chi connectivity index (χ3n) is 4.01.